The fourth-order valence-corrected chi connectivity index (χ4v) is 3.94. The van der Waals surface area contributed by atoms with Crippen molar-refractivity contribution in [1.29, 1.82) is 0 Å². The van der Waals surface area contributed by atoms with E-state index in [9.17, 15) is 18.8 Å². The molecule has 0 aliphatic carbocycles. The monoisotopic (exact) mass is 477 g/mol. The van der Waals surface area contributed by atoms with Gasteiger partial charge >= 0.3 is 5.69 Å². The van der Waals surface area contributed by atoms with Crippen LogP contribution in [0.3, 0.4) is 0 Å². The van der Waals surface area contributed by atoms with Crippen LogP contribution in [0.25, 0.3) is 10.9 Å². The number of halogens is 1. The van der Waals surface area contributed by atoms with E-state index >= 15 is 0 Å². The fourth-order valence-electron chi connectivity index (χ4n) is 3.94. The number of benzene rings is 3. The number of nitrogens with zero attached hydrogens (tertiary/aromatic N) is 2. The standard InChI is InChI=1S/C26H24FN3O5/c1-28-24(31)18-9-7-16(8-10-18)14-30-25(32)20-12-22(34-2)23(35-3)13-21(20)29(26(30)33)15-17-5-4-6-19(27)11-17/h4-13H,14-15H2,1-3H3,(H,28,31). The molecule has 1 heterocycles. The van der Waals surface area contributed by atoms with E-state index < -0.39 is 17.1 Å². The number of fused-ring (bicyclic) bond motifs is 1. The van der Waals surface area contributed by atoms with Crippen molar-refractivity contribution in [2.45, 2.75) is 13.1 Å². The number of amides is 1. The van der Waals surface area contributed by atoms with E-state index in [0.717, 1.165) is 4.57 Å². The van der Waals surface area contributed by atoms with E-state index in [1.54, 1.807) is 42.5 Å². The Morgan fingerprint density at radius 2 is 1.54 bits per heavy atom. The van der Waals surface area contributed by atoms with Crippen LogP contribution >= 0.6 is 0 Å². The van der Waals surface area contributed by atoms with Crippen molar-refractivity contribution >= 4 is 16.8 Å². The van der Waals surface area contributed by atoms with Crippen LogP contribution in [0, 0.1) is 5.82 Å². The minimum atomic E-state index is -0.561. The average Bonchev–Trinajstić information content (AvgIpc) is 2.88. The molecule has 0 unspecified atom stereocenters. The van der Waals surface area contributed by atoms with Crippen LogP contribution in [-0.4, -0.2) is 36.3 Å². The number of carbonyl (C=O) groups is 1. The molecule has 4 rings (SSSR count). The van der Waals surface area contributed by atoms with Gasteiger partial charge in [0.25, 0.3) is 11.5 Å². The Morgan fingerprint density at radius 3 is 2.17 bits per heavy atom. The summed E-state index contributed by atoms with van der Waals surface area (Å²) in [5.41, 5.74) is 0.957. The smallest absolute Gasteiger partial charge is 0.332 e. The van der Waals surface area contributed by atoms with Crippen LogP contribution in [0.15, 0.2) is 70.3 Å². The lowest BCUT2D eigenvalue weighted by atomic mass is 10.1. The lowest BCUT2D eigenvalue weighted by Crippen LogP contribution is -2.40. The normalized spacial score (nSPS) is 10.9. The lowest BCUT2D eigenvalue weighted by Gasteiger charge is -2.17. The van der Waals surface area contributed by atoms with Crippen LogP contribution in [0.2, 0.25) is 0 Å². The number of hydrogen-bond donors (Lipinski definition) is 1. The van der Waals surface area contributed by atoms with Gasteiger partial charge in [-0.15, -0.1) is 0 Å². The second-order valence-electron chi connectivity index (χ2n) is 7.89. The largest absolute Gasteiger partial charge is 0.493 e. The number of ether oxygens (including phenoxy) is 2. The molecule has 1 aromatic heterocycles. The highest BCUT2D eigenvalue weighted by Gasteiger charge is 2.18. The molecule has 0 radical (unpaired) electrons. The van der Waals surface area contributed by atoms with E-state index in [2.05, 4.69) is 5.32 Å². The molecule has 0 aliphatic heterocycles. The summed E-state index contributed by atoms with van der Waals surface area (Å²) in [6.07, 6.45) is 0. The summed E-state index contributed by atoms with van der Waals surface area (Å²) in [6.45, 7) is 0.0254. The van der Waals surface area contributed by atoms with Gasteiger partial charge in [-0.3, -0.25) is 18.7 Å². The van der Waals surface area contributed by atoms with Crippen molar-refractivity contribution in [3.8, 4) is 11.5 Å². The van der Waals surface area contributed by atoms with Crippen LogP contribution < -0.4 is 26.0 Å². The van der Waals surface area contributed by atoms with Crippen LogP contribution in [0.4, 0.5) is 4.39 Å². The zero-order valence-corrected chi connectivity index (χ0v) is 19.5. The molecule has 35 heavy (non-hydrogen) atoms. The summed E-state index contributed by atoms with van der Waals surface area (Å²) in [7, 11) is 4.45. The molecule has 1 N–H and O–H groups in total. The molecule has 0 saturated carbocycles. The first kappa shape index (κ1) is 23.7. The fraction of sp³-hybridized carbons (Fsp3) is 0.192. The molecule has 9 heteroatoms. The molecule has 0 saturated heterocycles. The lowest BCUT2D eigenvalue weighted by molar-refractivity contribution is 0.0963. The quantitative estimate of drug-likeness (QED) is 0.442. The topological polar surface area (TPSA) is 91.6 Å². The molecule has 8 nitrogen and oxygen atoms in total. The number of aromatic nitrogens is 2. The summed E-state index contributed by atoms with van der Waals surface area (Å²) < 4.78 is 27.1. The summed E-state index contributed by atoms with van der Waals surface area (Å²) in [6, 6.07) is 15.6. The van der Waals surface area contributed by atoms with Gasteiger partial charge in [0.05, 0.1) is 38.2 Å². The zero-order valence-electron chi connectivity index (χ0n) is 19.5. The van der Waals surface area contributed by atoms with Crippen LogP contribution in [-0.2, 0) is 13.1 Å². The van der Waals surface area contributed by atoms with Crippen molar-refractivity contribution in [3.63, 3.8) is 0 Å². The third-order valence-electron chi connectivity index (χ3n) is 5.74. The van der Waals surface area contributed by atoms with Gasteiger partial charge in [0.1, 0.15) is 5.82 Å². The second-order valence-corrected chi connectivity index (χ2v) is 7.89. The van der Waals surface area contributed by atoms with Gasteiger partial charge in [-0.1, -0.05) is 24.3 Å². The summed E-state index contributed by atoms with van der Waals surface area (Å²) in [5.74, 6) is 0.0328. The third-order valence-corrected chi connectivity index (χ3v) is 5.74. The molecule has 3 aromatic carbocycles. The zero-order chi connectivity index (χ0) is 25.1. The third kappa shape index (κ3) is 4.65. The molecule has 0 fully saturated rings. The van der Waals surface area contributed by atoms with E-state index in [4.69, 9.17) is 9.47 Å². The van der Waals surface area contributed by atoms with Gasteiger partial charge in [0, 0.05) is 18.7 Å². The maximum atomic E-state index is 13.8. The van der Waals surface area contributed by atoms with Crippen LogP contribution in [0.5, 0.6) is 11.5 Å². The first-order valence-corrected chi connectivity index (χ1v) is 10.8. The SMILES string of the molecule is CNC(=O)c1ccc(Cn2c(=O)c3cc(OC)c(OC)cc3n(Cc3cccc(F)c3)c2=O)cc1. The second kappa shape index (κ2) is 9.84. The molecule has 4 aromatic rings. The van der Waals surface area contributed by atoms with Gasteiger partial charge in [0.2, 0.25) is 0 Å². The first-order chi connectivity index (χ1) is 16.9. The predicted molar refractivity (Wildman–Crippen MR) is 130 cm³/mol. The van der Waals surface area contributed by atoms with Gasteiger partial charge in [-0.2, -0.15) is 0 Å². The average molecular weight is 477 g/mol. The van der Waals surface area contributed by atoms with Crippen molar-refractivity contribution in [2.75, 3.05) is 21.3 Å². The van der Waals surface area contributed by atoms with Gasteiger partial charge < -0.3 is 14.8 Å². The number of hydrogen-bond acceptors (Lipinski definition) is 5. The first-order valence-electron chi connectivity index (χ1n) is 10.8. The number of nitrogens with one attached hydrogen (secondary N) is 1. The molecule has 0 bridgehead atoms. The van der Waals surface area contributed by atoms with Gasteiger partial charge in [-0.05, 0) is 41.5 Å². The van der Waals surface area contributed by atoms with E-state index in [1.807, 2.05) is 0 Å². The minimum absolute atomic E-state index is 0.0148. The van der Waals surface area contributed by atoms with Crippen LogP contribution in [0.1, 0.15) is 21.5 Å². The number of methoxy groups -OCH3 is 2. The molecule has 0 spiro atoms. The van der Waals surface area contributed by atoms with E-state index in [0.29, 0.717) is 33.7 Å². The van der Waals surface area contributed by atoms with Gasteiger partial charge in [-0.25, -0.2) is 9.18 Å². The molecule has 1 amide bonds. The Balaban J connectivity index is 1.91. The van der Waals surface area contributed by atoms with E-state index in [-0.39, 0.29) is 24.4 Å². The number of carbonyl (C=O) groups excluding carboxylic acids is 1. The van der Waals surface area contributed by atoms with Crippen molar-refractivity contribution in [3.05, 3.63) is 104 Å². The minimum Gasteiger partial charge on any atom is -0.493 e. The highest BCUT2D eigenvalue weighted by molar-refractivity contribution is 5.93. The molecular weight excluding hydrogens is 453 g/mol. The van der Waals surface area contributed by atoms with Crippen molar-refractivity contribution in [2.24, 2.45) is 0 Å². The number of rotatable bonds is 7. The summed E-state index contributed by atoms with van der Waals surface area (Å²) >= 11 is 0. The Bertz CT molecular complexity index is 1520. The maximum absolute atomic E-state index is 13.8. The molecule has 0 atom stereocenters. The Labute approximate surface area is 200 Å². The van der Waals surface area contributed by atoms with E-state index in [1.165, 1.54) is 44.0 Å². The molecular formula is C26H24FN3O5. The van der Waals surface area contributed by atoms with Crippen molar-refractivity contribution in [1.82, 2.24) is 14.5 Å². The Kier molecular flexibility index (Phi) is 6.68. The Hall–Kier alpha value is -4.40. The summed E-state index contributed by atoms with van der Waals surface area (Å²) in [4.78, 5) is 38.8. The predicted octanol–water partition coefficient (Wildman–Crippen LogP) is 2.78. The highest BCUT2D eigenvalue weighted by Crippen LogP contribution is 2.30. The Morgan fingerprint density at radius 1 is 0.886 bits per heavy atom. The molecule has 0 aliphatic rings. The van der Waals surface area contributed by atoms with Gasteiger partial charge in [0.15, 0.2) is 11.5 Å². The summed E-state index contributed by atoms with van der Waals surface area (Å²) in [5, 5.41) is 2.80. The highest BCUT2D eigenvalue weighted by atomic mass is 19.1. The van der Waals surface area contributed by atoms with Crippen molar-refractivity contribution < 1.29 is 18.7 Å². The maximum Gasteiger partial charge on any atom is 0.332 e. The molecule has 180 valence electrons.